The maximum atomic E-state index is 12.2. The van der Waals surface area contributed by atoms with Crippen LogP contribution in [0, 0.1) is 6.92 Å². The van der Waals surface area contributed by atoms with Crippen molar-refractivity contribution in [3.8, 4) is 0 Å². The zero-order valence-electron chi connectivity index (χ0n) is 14.6. The number of ether oxygens (including phenoxy) is 2. The number of Topliss-reactive ketones (excluding diaryl/α,β-unsaturated/α-hetero) is 1. The number of hydrogen-bond acceptors (Lipinski definition) is 7. The SMILES string of the molecule is COC(=O)c1sc(=Nc2ccc(Br)cc2)c(C(C)=O)c(C)c1C(=O)OC. The number of benzene rings is 1. The zero-order chi connectivity index (χ0) is 19.4. The summed E-state index contributed by atoms with van der Waals surface area (Å²) in [5, 5.41) is 0. The Morgan fingerprint density at radius 1 is 1.00 bits per heavy atom. The minimum Gasteiger partial charge on any atom is -0.465 e. The van der Waals surface area contributed by atoms with Crippen molar-refractivity contribution in [1.29, 1.82) is 0 Å². The highest BCUT2D eigenvalue weighted by molar-refractivity contribution is 9.10. The molecule has 2 rings (SSSR count). The first-order valence-electron chi connectivity index (χ1n) is 7.45. The molecule has 0 radical (unpaired) electrons. The molecule has 1 aromatic heterocycles. The molecule has 0 bridgehead atoms. The van der Waals surface area contributed by atoms with E-state index in [0.29, 0.717) is 15.9 Å². The molecule has 26 heavy (non-hydrogen) atoms. The van der Waals surface area contributed by atoms with E-state index >= 15 is 0 Å². The zero-order valence-corrected chi connectivity index (χ0v) is 17.0. The minimum atomic E-state index is -0.711. The van der Waals surface area contributed by atoms with Gasteiger partial charge in [-0.05, 0) is 43.7 Å². The lowest BCUT2D eigenvalue weighted by Crippen LogP contribution is -2.22. The molecule has 0 spiro atoms. The minimum absolute atomic E-state index is 0.0179. The number of ketones is 1. The second kappa shape index (κ2) is 8.37. The lowest BCUT2D eigenvalue weighted by molar-refractivity contribution is 0.0558. The normalized spacial score (nSPS) is 11.2. The Balaban J connectivity index is 2.89. The lowest BCUT2D eigenvalue weighted by atomic mass is 10.0. The van der Waals surface area contributed by atoms with E-state index in [1.807, 2.05) is 12.1 Å². The molecule has 0 fully saturated rings. The van der Waals surface area contributed by atoms with E-state index in [2.05, 4.69) is 20.9 Å². The smallest absolute Gasteiger partial charge is 0.349 e. The van der Waals surface area contributed by atoms with Crippen molar-refractivity contribution in [2.24, 2.45) is 4.99 Å². The predicted octanol–water partition coefficient (Wildman–Crippen LogP) is 3.83. The van der Waals surface area contributed by atoms with Crippen molar-refractivity contribution in [3.63, 3.8) is 0 Å². The Kier molecular flexibility index (Phi) is 6.44. The second-order valence-corrected chi connectivity index (χ2v) is 7.15. The highest BCUT2D eigenvalue weighted by atomic mass is 79.9. The van der Waals surface area contributed by atoms with Gasteiger partial charge in [-0.3, -0.25) is 4.79 Å². The number of esters is 2. The third kappa shape index (κ3) is 4.08. The molecule has 0 aliphatic carbocycles. The molecule has 1 aromatic carbocycles. The largest absolute Gasteiger partial charge is 0.465 e. The molecular weight excluding hydrogens is 422 g/mol. The molecule has 0 saturated heterocycles. The van der Waals surface area contributed by atoms with Crippen molar-refractivity contribution in [2.45, 2.75) is 13.8 Å². The van der Waals surface area contributed by atoms with Gasteiger partial charge in [-0.2, -0.15) is 0 Å². The summed E-state index contributed by atoms with van der Waals surface area (Å²) in [6, 6.07) is 7.16. The van der Waals surface area contributed by atoms with Crippen LogP contribution in [-0.4, -0.2) is 31.9 Å². The predicted molar refractivity (Wildman–Crippen MR) is 101 cm³/mol. The quantitative estimate of drug-likeness (QED) is 0.536. The lowest BCUT2D eigenvalue weighted by Gasteiger charge is -2.12. The Hall–Kier alpha value is -2.32. The van der Waals surface area contributed by atoms with Crippen LogP contribution in [0.5, 0.6) is 0 Å². The van der Waals surface area contributed by atoms with Crippen LogP contribution >= 0.6 is 27.3 Å². The van der Waals surface area contributed by atoms with Gasteiger partial charge in [-0.1, -0.05) is 15.9 Å². The van der Waals surface area contributed by atoms with E-state index in [0.717, 1.165) is 15.8 Å². The van der Waals surface area contributed by atoms with Crippen LogP contribution in [0.2, 0.25) is 0 Å². The fourth-order valence-electron chi connectivity index (χ4n) is 2.36. The van der Waals surface area contributed by atoms with Crippen molar-refractivity contribution in [2.75, 3.05) is 14.2 Å². The molecule has 8 heteroatoms. The summed E-state index contributed by atoms with van der Waals surface area (Å²) in [4.78, 5) is 41.1. The molecule has 0 saturated carbocycles. The average Bonchev–Trinajstić information content (AvgIpc) is 2.61. The molecule has 2 aromatic rings. The molecule has 136 valence electrons. The van der Waals surface area contributed by atoms with Gasteiger partial charge in [-0.15, -0.1) is 11.3 Å². The number of hydrogen-bond donors (Lipinski definition) is 0. The van der Waals surface area contributed by atoms with Gasteiger partial charge >= 0.3 is 11.9 Å². The second-order valence-electron chi connectivity index (χ2n) is 5.24. The number of nitrogens with zero attached hydrogens (tertiary/aromatic N) is 1. The topological polar surface area (TPSA) is 82.0 Å². The van der Waals surface area contributed by atoms with E-state index in [9.17, 15) is 14.4 Å². The number of carbonyl (C=O) groups is 3. The molecule has 6 nitrogen and oxygen atoms in total. The van der Waals surface area contributed by atoms with Gasteiger partial charge < -0.3 is 9.47 Å². The van der Waals surface area contributed by atoms with E-state index in [1.165, 1.54) is 21.1 Å². The van der Waals surface area contributed by atoms with E-state index in [4.69, 9.17) is 9.47 Å². The summed E-state index contributed by atoms with van der Waals surface area (Å²) in [5.41, 5.74) is 1.22. The molecule has 0 atom stereocenters. The molecule has 0 aliphatic heterocycles. The number of methoxy groups -OCH3 is 2. The van der Waals surface area contributed by atoms with Crippen molar-refractivity contribution >= 4 is 50.7 Å². The summed E-state index contributed by atoms with van der Waals surface area (Å²) in [6.07, 6.45) is 0. The Labute approximate surface area is 162 Å². The molecular formula is C18H16BrNO5S. The summed E-state index contributed by atoms with van der Waals surface area (Å²) < 4.78 is 10.8. The van der Waals surface area contributed by atoms with Gasteiger partial charge in [0.05, 0.1) is 31.0 Å². The van der Waals surface area contributed by atoms with Crippen LogP contribution in [0.4, 0.5) is 5.69 Å². The third-order valence-corrected chi connectivity index (χ3v) is 5.15. The number of halogens is 1. The van der Waals surface area contributed by atoms with Crippen molar-refractivity contribution in [3.05, 3.63) is 55.0 Å². The first-order chi connectivity index (χ1) is 12.3. The van der Waals surface area contributed by atoms with Crippen molar-refractivity contribution in [1.82, 2.24) is 0 Å². The van der Waals surface area contributed by atoms with Crippen LogP contribution in [0.15, 0.2) is 33.7 Å². The fourth-order valence-corrected chi connectivity index (χ4v) is 3.88. The fraction of sp³-hybridized carbons (Fsp3) is 0.222. The maximum absolute atomic E-state index is 12.2. The highest BCUT2D eigenvalue weighted by Crippen LogP contribution is 2.23. The molecule has 0 amide bonds. The average molecular weight is 438 g/mol. The number of carbonyl (C=O) groups excluding carboxylic acids is 3. The summed E-state index contributed by atoms with van der Waals surface area (Å²) in [7, 11) is 2.43. The Bertz CT molecular complexity index is 947. The first kappa shape index (κ1) is 20.0. The van der Waals surface area contributed by atoms with Crippen LogP contribution < -0.4 is 4.67 Å². The first-order valence-corrected chi connectivity index (χ1v) is 9.06. The molecule has 0 N–H and O–H groups in total. The van der Waals surface area contributed by atoms with Gasteiger partial charge in [0.2, 0.25) is 0 Å². The summed E-state index contributed by atoms with van der Waals surface area (Å²) in [5.74, 6) is -1.67. The summed E-state index contributed by atoms with van der Waals surface area (Å²) in [6.45, 7) is 2.97. The van der Waals surface area contributed by atoms with E-state index in [-0.39, 0.29) is 21.8 Å². The molecule has 0 aliphatic rings. The standard InChI is InChI=1S/C18H16BrNO5S/c1-9-13(10(2)21)16(20-12-7-5-11(19)6-8-12)26-15(18(23)25-4)14(9)17(22)24-3/h5-8H,1-4H3. The van der Waals surface area contributed by atoms with Gasteiger partial charge in [0.1, 0.15) is 9.55 Å². The van der Waals surface area contributed by atoms with Gasteiger partial charge in [0.25, 0.3) is 0 Å². The maximum Gasteiger partial charge on any atom is 0.349 e. The van der Waals surface area contributed by atoms with E-state index < -0.39 is 11.9 Å². The Morgan fingerprint density at radius 2 is 1.58 bits per heavy atom. The number of rotatable bonds is 4. The van der Waals surface area contributed by atoms with Crippen LogP contribution in [0.3, 0.4) is 0 Å². The van der Waals surface area contributed by atoms with Gasteiger partial charge in [0, 0.05) is 4.47 Å². The van der Waals surface area contributed by atoms with Crippen molar-refractivity contribution < 1.29 is 23.9 Å². The van der Waals surface area contributed by atoms with E-state index in [1.54, 1.807) is 19.1 Å². The van der Waals surface area contributed by atoms with Crippen LogP contribution in [-0.2, 0) is 9.47 Å². The highest BCUT2D eigenvalue weighted by Gasteiger charge is 2.26. The Morgan fingerprint density at radius 3 is 2.08 bits per heavy atom. The third-order valence-electron chi connectivity index (χ3n) is 3.56. The van der Waals surface area contributed by atoms with Gasteiger partial charge in [-0.25, -0.2) is 14.6 Å². The van der Waals surface area contributed by atoms with Crippen LogP contribution in [0.1, 0.15) is 42.9 Å². The van der Waals surface area contributed by atoms with Gasteiger partial charge in [0.15, 0.2) is 5.78 Å². The molecule has 1 heterocycles. The van der Waals surface area contributed by atoms with Crippen LogP contribution in [0.25, 0.3) is 0 Å². The monoisotopic (exact) mass is 437 g/mol. The summed E-state index contributed by atoms with van der Waals surface area (Å²) >= 11 is 4.27. The molecule has 0 unspecified atom stereocenters.